The molecule has 1 N–H and O–H groups in total. The van der Waals surface area contributed by atoms with E-state index in [1.54, 1.807) is 0 Å². The van der Waals surface area contributed by atoms with Crippen molar-refractivity contribution in [3.8, 4) is 0 Å². The van der Waals surface area contributed by atoms with Crippen LogP contribution in [0.15, 0.2) is 0 Å². The Bertz CT molecular complexity index is 147. The summed E-state index contributed by atoms with van der Waals surface area (Å²) in [5.41, 5.74) is 0. The zero-order chi connectivity index (χ0) is 10.4. The third-order valence-electron chi connectivity index (χ3n) is 2.90. The molecular formula is C12H25NO. The van der Waals surface area contributed by atoms with E-state index in [0.717, 1.165) is 31.6 Å². The predicted octanol–water partition coefficient (Wildman–Crippen LogP) is 2.44. The van der Waals surface area contributed by atoms with Gasteiger partial charge in [0.15, 0.2) is 0 Å². The molecule has 0 aromatic heterocycles. The lowest BCUT2D eigenvalue weighted by atomic mass is 9.88. The molecule has 1 heterocycles. The largest absolute Gasteiger partial charge is 0.381 e. The lowest BCUT2D eigenvalue weighted by Crippen LogP contribution is -2.43. The van der Waals surface area contributed by atoms with Crippen molar-refractivity contribution in [1.82, 2.24) is 5.32 Å². The van der Waals surface area contributed by atoms with E-state index in [1.807, 2.05) is 0 Å². The summed E-state index contributed by atoms with van der Waals surface area (Å²) >= 11 is 0. The summed E-state index contributed by atoms with van der Waals surface area (Å²) in [6.07, 6.45) is 3.71. The normalized spacial score (nSPS) is 28.3. The molecule has 0 radical (unpaired) electrons. The molecule has 1 aliphatic heterocycles. The molecule has 1 aliphatic rings. The van der Waals surface area contributed by atoms with Crippen LogP contribution >= 0.6 is 0 Å². The molecular weight excluding hydrogens is 174 g/mol. The summed E-state index contributed by atoms with van der Waals surface area (Å²) < 4.78 is 5.55. The highest BCUT2D eigenvalue weighted by atomic mass is 16.5. The van der Waals surface area contributed by atoms with E-state index in [1.165, 1.54) is 19.3 Å². The SMILES string of the molecule is CCCNC1CCOCC1CC(C)C. The van der Waals surface area contributed by atoms with Crippen molar-refractivity contribution in [3.63, 3.8) is 0 Å². The Hall–Kier alpha value is -0.0800. The fourth-order valence-corrected chi connectivity index (χ4v) is 2.23. The summed E-state index contributed by atoms with van der Waals surface area (Å²) in [6.45, 7) is 9.87. The third kappa shape index (κ3) is 3.97. The fraction of sp³-hybridized carbons (Fsp3) is 1.00. The van der Waals surface area contributed by atoms with Gasteiger partial charge in [-0.05, 0) is 37.6 Å². The summed E-state index contributed by atoms with van der Waals surface area (Å²) in [5.74, 6) is 1.52. The molecule has 0 bridgehead atoms. The van der Waals surface area contributed by atoms with Gasteiger partial charge in [0, 0.05) is 12.6 Å². The van der Waals surface area contributed by atoms with Crippen LogP contribution in [0.5, 0.6) is 0 Å². The number of hydrogen-bond donors (Lipinski definition) is 1. The molecule has 0 spiro atoms. The van der Waals surface area contributed by atoms with Gasteiger partial charge < -0.3 is 10.1 Å². The second-order valence-corrected chi connectivity index (χ2v) is 4.81. The number of nitrogens with one attached hydrogen (secondary N) is 1. The Morgan fingerprint density at radius 2 is 2.21 bits per heavy atom. The van der Waals surface area contributed by atoms with Crippen molar-refractivity contribution in [2.24, 2.45) is 11.8 Å². The van der Waals surface area contributed by atoms with Gasteiger partial charge in [-0.15, -0.1) is 0 Å². The highest BCUT2D eigenvalue weighted by Crippen LogP contribution is 2.22. The first kappa shape index (κ1) is 12.0. The van der Waals surface area contributed by atoms with E-state index in [-0.39, 0.29) is 0 Å². The minimum Gasteiger partial charge on any atom is -0.381 e. The van der Waals surface area contributed by atoms with Crippen molar-refractivity contribution >= 4 is 0 Å². The minimum absolute atomic E-state index is 0.700. The second kappa shape index (κ2) is 6.41. The molecule has 1 fully saturated rings. The van der Waals surface area contributed by atoms with Crippen LogP contribution in [0.3, 0.4) is 0 Å². The van der Waals surface area contributed by atoms with Crippen molar-refractivity contribution in [1.29, 1.82) is 0 Å². The molecule has 0 saturated carbocycles. The van der Waals surface area contributed by atoms with Crippen LogP contribution in [-0.4, -0.2) is 25.8 Å². The van der Waals surface area contributed by atoms with Crippen molar-refractivity contribution < 1.29 is 4.74 Å². The summed E-state index contributed by atoms with van der Waals surface area (Å²) in [7, 11) is 0. The molecule has 0 aromatic rings. The van der Waals surface area contributed by atoms with Gasteiger partial charge in [0.1, 0.15) is 0 Å². The van der Waals surface area contributed by atoms with Gasteiger partial charge in [-0.3, -0.25) is 0 Å². The predicted molar refractivity (Wildman–Crippen MR) is 60.5 cm³/mol. The Labute approximate surface area is 88.4 Å². The zero-order valence-corrected chi connectivity index (χ0v) is 9.88. The number of rotatable bonds is 5. The Morgan fingerprint density at radius 1 is 1.43 bits per heavy atom. The molecule has 2 atom stereocenters. The van der Waals surface area contributed by atoms with Crippen LogP contribution in [0.4, 0.5) is 0 Å². The Morgan fingerprint density at radius 3 is 2.86 bits per heavy atom. The van der Waals surface area contributed by atoms with Crippen LogP contribution in [0, 0.1) is 11.8 Å². The molecule has 14 heavy (non-hydrogen) atoms. The quantitative estimate of drug-likeness (QED) is 0.734. The average Bonchev–Trinajstić information content (AvgIpc) is 2.16. The first-order valence-corrected chi connectivity index (χ1v) is 6.05. The van der Waals surface area contributed by atoms with Gasteiger partial charge >= 0.3 is 0 Å². The molecule has 1 rings (SSSR count). The lowest BCUT2D eigenvalue weighted by Gasteiger charge is -2.33. The first-order valence-electron chi connectivity index (χ1n) is 6.05. The van der Waals surface area contributed by atoms with E-state index >= 15 is 0 Å². The zero-order valence-electron chi connectivity index (χ0n) is 9.88. The second-order valence-electron chi connectivity index (χ2n) is 4.81. The standard InChI is InChI=1S/C12H25NO/c1-4-6-13-12-5-7-14-9-11(12)8-10(2)3/h10-13H,4-9H2,1-3H3. The molecule has 0 amide bonds. The van der Waals surface area contributed by atoms with Crippen LogP contribution in [0.1, 0.15) is 40.0 Å². The number of ether oxygens (including phenoxy) is 1. The maximum atomic E-state index is 5.55. The molecule has 2 nitrogen and oxygen atoms in total. The highest BCUT2D eigenvalue weighted by Gasteiger charge is 2.25. The number of hydrogen-bond acceptors (Lipinski definition) is 2. The van der Waals surface area contributed by atoms with Gasteiger partial charge in [-0.2, -0.15) is 0 Å². The van der Waals surface area contributed by atoms with Crippen LogP contribution in [0.2, 0.25) is 0 Å². The van der Waals surface area contributed by atoms with Gasteiger partial charge in [0.05, 0.1) is 6.61 Å². The maximum Gasteiger partial charge on any atom is 0.0509 e. The topological polar surface area (TPSA) is 21.3 Å². The Balaban J connectivity index is 2.33. The lowest BCUT2D eigenvalue weighted by molar-refractivity contribution is 0.0241. The fourth-order valence-electron chi connectivity index (χ4n) is 2.23. The third-order valence-corrected chi connectivity index (χ3v) is 2.90. The van der Waals surface area contributed by atoms with Gasteiger partial charge in [-0.1, -0.05) is 20.8 Å². The smallest absolute Gasteiger partial charge is 0.0509 e. The van der Waals surface area contributed by atoms with E-state index in [9.17, 15) is 0 Å². The van der Waals surface area contributed by atoms with Gasteiger partial charge in [-0.25, -0.2) is 0 Å². The van der Waals surface area contributed by atoms with E-state index in [4.69, 9.17) is 4.74 Å². The monoisotopic (exact) mass is 199 g/mol. The van der Waals surface area contributed by atoms with Crippen molar-refractivity contribution in [2.45, 2.75) is 46.1 Å². The summed E-state index contributed by atoms with van der Waals surface area (Å²) in [6, 6.07) is 0.700. The highest BCUT2D eigenvalue weighted by molar-refractivity contribution is 4.80. The minimum atomic E-state index is 0.700. The molecule has 1 saturated heterocycles. The van der Waals surface area contributed by atoms with E-state index < -0.39 is 0 Å². The van der Waals surface area contributed by atoms with Gasteiger partial charge in [0.2, 0.25) is 0 Å². The average molecular weight is 199 g/mol. The molecule has 0 aromatic carbocycles. The van der Waals surface area contributed by atoms with E-state index in [0.29, 0.717) is 6.04 Å². The molecule has 2 unspecified atom stereocenters. The van der Waals surface area contributed by atoms with Crippen molar-refractivity contribution in [3.05, 3.63) is 0 Å². The maximum absolute atomic E-state index is 5.55. The van der Waals surface area contributed by atoms with Crippen molar-refractivity contribution in [2.75, 3.05) is 19.8 Å². The van der Waals surface area contributed by atoms with E-state index in [2.05, 4.69) is 26.1 Å². The summed E-state index contributed by atoms with van der Waals surface area (Å²) in [5, 5.41) is 3.65. The summed E-state index contributed by atoms with van der Waals surface area (Å²) in [4.78, 5) is 0. The molecule has 0 aliphatic carbocycles. The first-order chi connectivity index (χ1) is 6.74. The molecule has 84 valence electrons. The van der Waals surface area contributed by atoms with Crippen LogP contribution in [-0.2, 0) is 4.74 Å². The van der Waals surface area contributed by atoms with Crippen LogP contribution in [0.25, 0.3) is 0 Å². The Kier molecular flexibility index (Phi) is 5.49. The molecule has 2 heteroatoms. The van der Waals surface area contributed by atoms with Crippen LogP contribution < -0.4 is 5.32 Å². The van der Waals surface area contributed by atoms with Gasteiger partial charge in [0.25, 0.3) is 0 Å².